The van der Waals surface area contributed by atoms with E-state index in [1.54, 1.807) is 0 Å². The van der Waals surface area contributed by atoms with Crippen molar-refractivity contribution >= 4 is 33.5 Å². The Bertz CT molecular complexity index is 717. The van der Waals surface area contributed by atoms with Crippen molar-refractivity contribution in [3.05, 3.63) is 29.8 Å². The average molecular weight is 371 g/mol. The van der Waals surface area contributed by atoms with Crippen LogP contribution in [0.1, 0.15) is 18.9 Å². The highest BCUT2D eigenvalue weighted by Gasteiger charge is 2.30. The van der Waals surface area contributed by atoms with Gasteiger partial charge in [-0.2, -0.15) is 0 Å². The van der Waals surface area contributed by atoms with E-state index >= 15 is 0 Å². The number of carbonyl (C=O) groups excluding carboxylic acids is 2. The number of aryl methyl sites for hydroxylation is 1. The van der Waals surface area contributed by atoms with Crippen LogP contribution in [0.2, 0.25) is 0 Å². The van der Waals surface area contributed by atoms with Gasteiger partial charge in [-0.3, -0.25) is 9.59 Å². The van der Waals surface area contributed by atoms with Gasteiger partial charge >= 0.3 is 5.97 Å². The highest BCUT2D eigenvalue weighted by molar-refractivity contribution is 8.00. The number of rotatable bonds is 6. The second-order valence-electron chi connectivity index (χ2n) is 5.79. The molecule has 1 amide bonds. The first kappa shape index (κ1) is 18.8. The van der Waals surface area contributed by atoms with Gasteiger partial charge in [-0.1, -0.05) is 18.2 Å². The minimum atomic E-state index is -3.06. The summed E-state index contributed by atoms with van der Waals surface area (Å²) in [5.41, 5.74) is 1.07. The third kappa shape index (κ3) is 5.52. The highest BCUT2D eigenvalue weighted by Crippen LogP contribution is 2.21. The number of hydrogen-bond acceptors (Lipinski definition) is 6. The fourth-order valence-corrected chi connectivity index (χ4v) is 4.85. The van der Waals surface area contributed by atoms with Crippen molar-refractivity contribution in [3.8, 4) is 0 Å². The molecular formula is C16H21NO5S2. The zero-order valence-electron chi connectivity index (χ0n) is 13.7. The molecule has 0 spiro atoms. The Morgan fingerprint density at radius 2 is 2.08 bits per heavy atom. The molecule has 1 aromatic rings. The van der Waals surface area contributed by atoms with Crippen molar-refractivity contribution < 1.29 is 22.7 Å². The lowest BCUT2D eigenvalue weighted by molar-refractivity contribution is -0.152. The van der Waals surface area contributed by atoms with E-state index in [1.165, 1.54) is 18.7 Å². The van der Waals surface area contributed by atoms with Gasteiger partial charge in [0, 0.05) is 10.9 Å². The summed E-state index contributed by atoms with van der Waals surface area (Å²) < 4.78 is 27.9. The molecule has 0 aliphatic carbocycles. The van der Waals surface area contributed by atoms with Gasteiger partial charge in [0.05, 0.1) is 17.3 Å². The molecule has 1 saturated heterocycles. The monoisotopic (exact) mass is 371 g/mol. The Hall–Kier alpha value is -1.54. The summed E-state index contributed by atoms with van der Waals surface area (Å²) in [6.07, 6.45) is -0.545. The van der Waals surface area contributed by atoms with Crippen molar-refractivity contribution in [2.75, 3.05) is 17.3 Å². The van der Waals surface area contributed by atoms with Gasteiger partial charge in [0.25, 0.3) is 5.91 Å². The first-order valence-corrected chi connectivity index (χ1v) is 10.5. The van der Waals surface area contributed by atoms with Gasteiger partial charge in [-0.15, -0.1) is 11.8 Å². The summed E-state index contributed by atoms with van der Waals surface area (Å²) in [4.78, 5) is 24.8. The zero-order chi connectivity index (χ0) is 17.7. The molecular weight excluding hydrogens is 350 g/mol. The summed E-state index contributed by atoms with van der Waals surface area (Å²) >= 11 is 1.36. The van der Waals surface area contributed by atoms with Crippen molar-refractivity contribution in [1.82, 2.24) is 5.32 Å². The van der Waals surface area contributed by atoms with Crippen LogP contribution in [-0.2, 0) is 24.2 Å². The molecule has 2 rings (SSSR count). The van der Waals surface area contributed by atoms with Crippen molar-refractivity contribution in [2.24, 2.45) is 0 Å². The molecule has 132 valence electrons. The lowest BCUT2D eigenvalue weighted by Gasteiger charge is -2.16. The molecule has 24 heavy (non-hydrogen) atoms. The van der Waals surface area contributed by atoms with Crippen molar-refractivity contribution in [2.45, 2.75) is 37.3 Å². The number of benzene rings is 1. The molecule has 6 nitrogen and oxygen atoms in total. The average Bonchev–Trinajstić information content (AvgIpc) is 2.85. The van der Waals surface area contributed by atoms with Crippen LogP contribution in [-0.4, -0.2) is 49.7 Å². The Balaban J connectivity index is 1.76. The SMILES string of the molecule is Cc1ccccc1SCC(=O)O[C@H](C)C(=O)N[C@@H]1CCS(=O)(=O)C1. The van der Waals surface area contributed by atoms with Crippen LogP contribution < -0.4 is 5.32 Å². The molecule has 8 heteroatoms. The predicted molar refractivity (Wildman–Crippen MR) is 92.7 cm³/mol. The number of amides is 1. The van der Waals surface area contributed by atoms with Gasteiger partial charge < -0.3 is 10.1 Å². The van der Waals surface area contributed by atoms with Crippen LogP contribution in [0.4, 0.5) is 0 Å². The molecule has 2 atom stereocenters. The molecule has 0 bridgehead atoms. The van der Waals surface area contributed by atoms with E-state index in [4.69, 9.17) is 4.74 Å². The number of hydrogen-bond donors (Lipinski definition) is 1. The molecule has 1 heterocycles. The van der Waals surface area contributed by atoms with E-state index in [0.717, 1.165) is 10.5 Å². The lowest BCUT2D eigenvalue weighted by atomic mass is 10.2. The van der Waals surface area contributed by atoms with E-state index < -0.39 is 33.9 Å². The Morgan fingerprint density at radius 3 is 2.71 bits per heavy atom. The third-order valence-electron chi connectivity index (χ3n) is 3.70. The second-order valence-corrected chi connectivity index (χ2v) is 9.04. The first-order chi connectivity index (χ1) is 11.3. The van der Waals surface area contributed by atoms with Crippen LogP contribution in [0.3, 0.4) is 0 Å². The minimum Gasteiger partial charge on any atom is -0.452 e. The van der Waals surface area contributed by atoms with Gasteiger partial charge in [0.1, 0.15) is 0 Å². The highest BCUT2D eigenvalue weighted by atomic mass is 32.2. The quantitative estimate of drug-likeness (QED) is 0.599. The summed E-state index contributed by atoms with van der Waals surface area (Å²) in [7, 11) is -3.06. The molecule has 0 unspecified atom stereocenters. The maximum Gasteiger partial charge on any atom is 0.317 e. The van der Waals surface area contributed by atoms with Gasteiger partial charge in [0.2, 0.25) is 0 Å². The normalized spacial score (nSPS) is 20.3. The van der Waals surface area contributed by atoms with Crippen LogP contribution in [0.15, 0.2) is 29.2 Å². The van der Waals surface area contributed by atoms with Crippen LogP contribution in [0.5, 0.6) is 0 Å². The Morgan fingerprint density at radius 1 is 1.38 bits per heavy atom. The van der Waals surface area contributed by atoms with E-state index in [2.05, 4.69) is 5.32 Å². The van der Waals surface area contributed by atoms with Gasteiger partial charge in [-0.05, 0) is 31.9 Å². The fraction of sp³-hybridized carbons (Fsp3) is 0.500. The topological polar surface area (TPSA) is 89.5 Å². The smallest absolute Gasteiger partial charge is 0.317 e. The molecule has 0 aromatic heterocycles. The Kier molecular flexibility index (Phi) is 6.28. The van der Waals surface area contributed by atoms with Gasteiger partial charge in [-0.25, -0.2) is 8.42 Å². The van der Waals surface area contributed by atoms with E-state index in [0.29, 0.717) is 6.42 Å². The molecule has 1 N–H and O–H groups in total. The fourth-order valence-electron chi connectivity index (χ4n) is 2.37. The summed E-state index contributed by atoms with van der Waals surface area (Å²) in [6.45, 7) is 3.44. The predicted octanol–water partition coefficient (Wildman–Crippen LogP) is 1.32. The Labute approximate surface area is 146 Å². The molecule has 1 aliphatic heterocycles. The van der Waals surface area contributed by atoms with E-state index in [-0.39, 0.29) is 17.3 Å². The number of ether oxygens (including phenoxy) is 1. The summed E-state index contributed by atoms with van der Waals surface area (Å²) in [6, 6.07) is 7.30. The van der Waals surface area contributed by atoms with Crippen LogP contribution in [0.25, 0.3) is 0 Å². The second kappa shape index (κ2) is 8.02. The van der Waals surface area contributed by atoms with E-state index in [9.17, 15) is 18.0 Å². The number of nitrogens with one attached hydrogen (secondary N) is 1. The lowest BCUT2D eigenvalue weighted by Crippen LogP contribution is -2.42. The molecule has 0 radical (unpaired) electrons. The number of carbonyl (C=O) groups is 2. The van der Waals surface area contributed by atoms with Gasteiger partial charge in [0.15, 0.2) is 15.9 Å². The van der Waals surface area contributed by atoms with Crippen LogP contribution in [0, 0.1) is 6.92 Å². The maximum atomic E-state index is 12.0. The molecule has 1 fully saturated rings. The largest absolute Gasteiger partial charge is 0.452 e. The summed E-state index contributed by atoms with van der Waals surface area (Å²) in [5.74, 6) is -0.807. The number of esters is 1. The third-order valence-corrected chi connectivity index (χ3v) is 6.61. The number of sulfone groups is 1. The minimum absolute atomic E-state index is 0.0530. The maximum absolute atomic E-state index is 12.0. The van der Waals surface area contributed by atoms with Crippen molar-refractivity contribution in [3.63, 3.8) is 0 Å². The first-order valence-electron chi connectivity index (χ1n) is 7.65. The molecule has 0 saturated carbocycles. The molecule has 1 aromatic carbocycles. The zero-order valence-corrected chi connectivity index (χ0v) is 15.3. The summed E-state index contributed by atoms with van der Waals surface area (Å²) in [5, 5.41) is 2.62. The van der Waals surface area contributed by atoms with Crippen molar-refractivity contribution in [1.29, 1.82) is 0 Å². The number of thioether (sulfide) groups is 1. The molecule has 1 aliphatic rings. The standard InChI is InChI=1S/C16H21NO5S2/c1-11-5-3-4-6-14(11)23-9-15(18)22-12(2)16(19)17-13-7-8-24(20,21)10-13/h3-6,12-13H,7-10H2,1-2H3,(H,17,19)/t12-,13-/m1/s1. The van der Waals surface area contributed by atoms with Crippen LogP contribution >= 0.6 is 11.8 Å². The van der Waals surface area contributed by atoms with E-state index in [1.807, 2.05) is 31.2 Å².